The van der Waals surface area contributed by atoms with E-state index in [9.17, 15) is 13.2 Å². The second-order valence-corrected chi connectivity index (χ2v) is 8.25. The molecule has 1 aliphatic heterocycles. The zero-order chi connectivity index (χ0) is 17.2. The molecule has 0 radical (unpaired) electrons. The predicted octanol–water partition coefficient (Wildman–Crippen LogP) is -0.798. The lowest BCUT2D eigenvalue weighted by atomic mass is 10.1. The fourth-order valence-corrected chi connectivity index (χ4v) is 3.66. The van der Waals surface area contributed by atoms with Crippen LogP contribution in [-0.4, -0.2) is 84.7 Å². The molecule has 1 aromatic heterocycles. The summed E-state index contributed by atoms with van der Waals surface area (Å²) in [5.41, 5.74) is 0.913. The summed E-state index contributed by atoms with van der Waals surface area (Å²) in [7, 11) is 1.93. The van der Waals surface area contributed by atoms with Crippen LogP contribution in [0.3, 0.4) is 0 Å². The maximum Gasteiger partial charge on any atom is 0.227 e. The van der Waals surface area contributed by atoms with Crippen LogP contribution in [0.1, 0.15) is 5.69 Å². The number of carbonyl (C=O) groups is 1. The van der Waals surface area contributed by atoms with E-state index < -0.39 is 10.0 Å². The van der Waals surface area contributed by atoms with Gasteiger partial charge in [-0.3, -0.25) is 14.4 Å². The van der Waals surface area contributed by atoms with E-state index >= 15 is 0 Å². The number of aryl methyl sites for hydroxylation is 1. The first-order chi connectivity index (χ1) is 10.7. The predicted molar refractivity (Wildman–Crippen MR) is 87.1 cm³/mol. The summed E-state index contributed by atoms with van der Waals surface area (Å²) in [5, 5.41) is 4.36. The quantitative estimate of drug-likeness (QED) is 0.715. The lowest BCUT2D eigenvalue weighted by molar-refractivity contribution is -0.133. The Morgan fingerprint density at radius 1 is 1.35 bits per heavy atom. The zero-order valence-electron chi connectivity index (χ0n) is 14.1. The minimum absolute atomic E-state index is 0.0495. The highest BCUT2D eigenvalue weighted by molar-refractivity contribution is 7.88. The summed E-state index contributed by atoms with van der Waals surface area (Å²) in [6.45, 7) is 2.34. The van der Waals surface area contributed by atoms with Crippen LogP contribution in [0.5, 0.6) is 0 Å². The van der Waals surface area contributed by atoms with Crippen LogP contribution in [0.2, 0.25) is 0 Å². The molecule has 0 spiro atoms. The smallest absolute Gasteiger partial charge is 0.227 e. The Balaban J connectivity index is 2.17. The molecule has 1 amide bonds. The zero-order valence-corrected chi connectivity index (χ0v) is 15.0. The molecule has 0 aromatic carbocycles. The lowest BCUT2D eigenvalue weighted by Crippen LogP contribution is -2.41. The first kappa shape index (κ1) is 17.9. The number of sulfonamides is 1. The first-order valence-corrected chi connectivity index (χ1v) is 9.39. The molecule has 9 heteroatoms. The van der Waals surface area contributed by atoms with Crippen LogP contribution in [0.15, 0.2) is 12.3 Å². The van der Waals surface area contributed by atoms with Crippen molar-refractivity contribution in [2.45, 2.75) is 6.54 Å². The van der Waals surface area contributed by atoms with Crippen molar-refractivity contribution in [1.82, 2.24) is 23.9 Å². The topological polar surface area (TPSA) is 78.8 Å². The van der Waals surface area contributed by atoms with Crippen LogP contribution < -0.4 is 0 Å². The molecule has 1 fully saturated rings. The van der Waals surface area contributed by atoms with Crippen molar-refractivity contribution in [1.29, 1.82) is 0 Å². The Morgan fingerprint density at radius 2 is 2.04 bits per heavy atom. The molecule has 2 rings (SSSR count). The van der Waals surface area contributed by atoms with E-state index in [1.54, 1.807) is 18.8 Å². The fraction of sp³-hybridized carbons (Fsp3) is 0.714. The van der Waals surface area contributed by atoms with Gasteiger partial charge >= 0.3 is 0 Å². The van der Waals surface area contributed by atoms with E-state index in [2.05, 4.69) is 10.00 Å². The Hall–Kier alpha value is -1.45. The molecular formula is C14H25N5O3S. The van der Waals surface area contributed by atoms with E-state index in [1.165, 1.54) is 15.5 Å². The molecule has 0 saturated carbocycles. The van der Waals surface area contributed by atoms with Gasteiger partial charge in [-0.1, -0.05) is 0 Å². The largest absolute Gasteiger partial charge is 0.348 e. The lowest BCUT2D eigenvalue weighted by Gasteiger charge is -2.25. The molecule has 1 aromatic rings. The van der Waals surface area contributed by atoms with Gasteiger partial charge in [-0.25, -0.2) is 12.7 Å². The molecule has 0 N–H and O–H groups in total. The van der Waals surface area contributed by atoms with Gasteiger partial charge in [0.05, 0.1) is 17.9 Å². The average molecular weight is 343 g/mol. The van der Waals surface area contributed by atoms with Gasteiger partial charge in [0.25, 0.3) is 0 Å². The molecule has 1 atom stereocenters. The van der Waals surface area contributed by atoms with Gasteiger partial charge in [0.15, 0.2) is 0 Å². The Labute approximate surface area is 137 Å². The molecule has 0 unspecified atom stereocenters. The molecule has 1 aliphatic rings. The molecule has 130 valence electrons. The van der Waals surface area contributed by atoms with Crippen molar-refractivity contribution in [2.75, 3.05) is 46.5 Å². The number of rotatable bonds is 4. The van der Waals surface area contributed by atoms with Crippen LogP contribution in [-0.2, 0) is 28.4 Å². The van der Waals surface area contributed by atoms with E-state index in [-0.39, 0.29) is 18.4 Å². The molecule has 8 nitrogen and oxygen atoms in total. The van der Waals surface area contributed by atoms with Crippen molar-refractivity contribution in [2.24, 2.45) is 13.0 Å². The highest BCUT2D eigenvalue weighted by Crippen LogP contribution is 2.16. The minimum atomic E-state index is -3.32. The van der Waals surface area contributed by atoms with Crippen molar-refractivity contribution in [3.63, 3.8) is 0 Å². The summed E-state index contributed by atoms with van der Waals surface area (Å²) in [5.74, 6) is -0.419. The third kappa shape index (κ3) is 4.76. The summed E-state index contributed by atoms with van der Waals surface area (Å²) < 4.78 is 27.0. The minimum Gasteiger partial charge on any atom is -0.348 e. The maximum absolute atomic E-state index is 12.4. The normalized spacial score (nSPS) is 21.1. The number of nitrogens with zero attached hydrogens (tertiary/aromatic N) is 5. The van der Waals surface area contributed by atoms with Crippen molar-refractivity contribution in [3.05, 3.63) is 18.0 Å². The molecule has 0 aliphatic carbocycles. The third-order valence-corrected chi connectivity index (χ3v) is 5.25. The van der Waals surface area contributed by atoms with Gasteiger partial charge < -0.3 is 4.90 Å². The Bertz CT molecular complexity index is 655. The molecule has 2 heterocycles. The van der Waals surface area contributed by atoms with Crippen molar-refractivity contribution < 1.29 is 13.2 Å². The van der Waals surface area contributed by atoms with Crippen molar-refractivity contribution in [3.8, 4) is 0 Å². The number of amides is 1. The molecule has 0 bridgehead atoms. The molecule has 1 saturated heterocycles. The third-order valence-electron chi connectivity index (χ3n) is 3.98. The second kappa shape index (κ2) is 6.98. The van der Waals surface area contributed by atoms with Gasteiger partial charge in [-0.2, -0.15) is 5.10 Å². The monoisotopic (exact) mass is 343 g/mol. The molecule has 23 heavy (non-hydrogen) atoms. The van der Waals surface area contributed by atoms with Crippen LogP contribution in [0, 0.1) is 5.92 Å². The highest BCUT2D eigenvalue weighted by Gasteiger charge is 2.32. The second-order valence-electron chi connectivity index (χ2n) is 6.27. The van der Waals surface area contributed by atoms with Gasteiger partial charge in [-0.05, 0) is 6.07 Å². The van der Waals surface area contributed by atoms with Gasteiger partial charge in [0, 0.05) is 60.1 Å². The number of carbonyl (C=O) groups excluding carboxylic acids is 1. The van der Waals surface area contributed by atoms with Gasteiger partial charge in [-0.15, -0.1) is 0 Å². The fourth-order valence-electron chi connectivity index (χ4n) is 2.79. The number of aromatic nitrogens is 2. The number of hydrogen-bond acceptors (Lipinski definition) is 5. The standard InChI is InChI=1S/C14H25N5O3S/c1-16(2)14(20)12-9-18(11-13-5-6-17(3)15-13)7-8-19(10-12)23(4,21)22/h5-6,12H,7-11H2,1-4H3/t12-/m1/s1. The van der Waals surface area contributed by atoms with E-state index in [4.69, 9.17) is 0 Å². The Morgan fingerprint density at radius 3 is 2.57 bits per heavy atom. The highest BCUT2D eigenvalue weighted by atomic mass is 32.2. The number of hydrogen-bond donors (Lipinski definition) is 0. The van der Waals surface area contributed by atoms with Crippen LogP contribution >= 0.6 is 0 Å². The van der Waals surface area contributed by atoms with E-state index in [0.717, 1.165) is 5.69 Å². The van der Waals surface area contributed by atoms with Crippen molar-refractivity contribution >= 4 is 15.9 Å². The van der Waals surface area contributed by atoms with Gasteiger partial charge in [0.2, 0.25) is 15.9 Å². The summed E-state index contributed by atoms with van der Waals surface area (Å²) >= 11 is 0. The van der Waals surface area contributed by atoms with Gasteiger partial charge in [0.1, 0.15) is 0 Å². The van der Waals surface area contributed by atoms with Crippen LogP contribution in [0.4, 0.5) is 0 Å². The summed E-state index contributed by atoms with van der Waals surface area (Å²) in [6, 6.07) is 1.93. The Kier molecular flexibility index (Phi) is 5.43. The van der Waals surface area contributed by atoms with E-state index in [1.807, 2.05) is 19.3 Å². The molecular weight excluding hydrogens is 318 g/mol. The van der Waals surface area contributed by atoms with E-state index in [0.29, 0.717) is 26.2 Å². The average Bonchev–Trinajstić information content (AvgIpc) is 2.72. The summed E-state index contributed by atoms with van der Waals surface area (Å²) in [4.78, 5) is 16.0. The van der Waals surface area contributed by atoms with Crippen LogP contribution in [0.25, 0.3) is 0 Å². The summed E-state index contributed by atoms with van der Waals surface area (Å²) in [6.07, 6.45) is 3.07. The SMILES string of the molecule is CN(C)C(=O)[C@@H]1CN(Cc2ccn(C)n2)CCN(S(C)(=O)=O)C1. The first-order valence-electron chi connectivity index (χ1n) is 7.54. The maximum atomic E-state index is 12.4.